The smallest absolute Gasteiger partial charge is 0.223 e. The number of anilines is 1. The van der Waals surface area contributed by atoms with E-state index in [4.69, 9.17) is 0 Å². The van der Waals surface area contributed by atoms with E-state index < -0.39 is 0 Å². The maximum absolute atomic E-state index is 12.6. The van der Waals surface area contributed by atoms with Crippen LogP contribution in [0.5, 0.6) is 0 Å². The third-order valence-electron chi connectivity index (χ3n) is 5.68. The first-order valence-electron chi connectivity index (χ1n) is 9.68. The van der Waals surface area contributed by atoms with Crippen LogP contribution >= 0.6 is 11.3 Å². The second-order valence-corrected chi connectivity index (χ2v) is 8.89. The van der Waals surface area contributed by atoms with E-state index in [0.717, 1.165) is 43.0 Å². The van der Waals surface area contributed by atoms with E-state index in [2.05, 4.69) is 54.8 Å². The highest BCUT2D eigenvalue weighted by Crippen LogP contribution is 2.35. The molecule has 2 aromatic heterocycles. The van der Waals surface area contributed by atoms with Crippen LogP contribution in [0, 0.1) is 25.7 Å². The summed E-state index contributed by atoms with van der Waals surface area (Å²) in [4.78, 5) is 26.3. The molecule has 3 rings (SSSR count). The molecule has 1 amide bonds. The molecule has 0 bridgehead atoms. The minimum atomic E-state index is 0.113. The monoisotopic (exact) mass is 374 g/mol. The van der Waals surface area contributed by atoms with Gasteiger partial charge < -0.3 is 10.2 Å². The Labute approximate surface area is 160 Å². The van der Waals surface area contributed by atoms with Crippen molar-refractivity contribution in [1.82, 2.24) is 15.3 Å². The molecule has 26 heavy (non-hydrogen) atoms. The lowest BCUT2D eigenvalue weighted by molar-refractivity contribution is -0.126. The average Bonchev–Trinajstić information content (AvgIpc) is 2.93. The van der Waals surface area contributed by atoms with Crippen molar-refractivity contribution in [2.75, 3.05) is 18.0 Å². The van der Waals surface area contributed by atoms with Gasteiger partial charge in [-0.2, -0.15) is 0 Å². The summed E-state index contributed by atoms with van der Waals surface area (Å²) >= 11 is 1.73. The Morgan fingerprint density at radius 1 is 1.31 bits per heavy atom. The molecule has 0 aromatic carbocycles. The minimum absolute atomic E-state index is 0.113. The van der Waals surface area contributed by atoms with Crippen molar-refractivity contribution >= 4 is 33.3 Å². The molecule has 5 nitrogen and oxygen atoms in total. The fourth-order valence-corrected chi connectivity index (χ4v) is 4.79. The van der Waals surface area contributed by atoms with Gasteiger partial charge in [-0.1, -0.05) is 20.8 Å². The largest absolute Gasteiger partial charge is 0.356 e. The van der Waals surface area contributed by atoms with Crippen LogP contribution in [-0.4, -0.2) is 35.0 Å². The van der Waals surface area contributed by atoms with Crippen LogP contribution < -0.4 is 10.2 Å². The molecule has 2 aromatic rings. The van der Waals surface area contributed by atoms with Crippen LogP contribution in [0.4, 0.5) is 5.82 Å². The lowest BCUT2D eigenvalue weighted by Crippen LogP contribution is -2.45. The molecule has 0 spiro atoms. The van der Waals surface area contributed by atoms with Crippen LogP contribution in [0.25, 0.3) is 10.2 Å². The van der Waals surface area contributed by atoms with Crippen molar-refractivity contribution in [3.63, 3.8) is 0 Å². The van der Waals surface area contributed by atoms with E-state index >= 15 is 0 Å². The first kappa shape index (κ1) is 19.1. The number of carbonyl (C=O) groups excluding carboxylic acids is 1. The number of carbonyl (C=O) groups is 1. The van der Waals surface area contributed by atoms with Crippen molar-refractivity contribution in [2.24, 2.45) is 11.8 Å². The van der Waals surface area contributed by atoms with Crippen molar-refractivity contribution in [2.45, 2.75) is 59.9 Å². The number of aromatic nitrogens is 2. The molecule has 1 unspecified atom stereocenters. The molecule has 1 fully saturated rings. The number of piperidine rings is 1. The molecule has 142 valence electrons. The van der Waals surface area contributed by atoms with Gasteiger partial charge >= 0.3 is 0 Å². The van der Waals surface area contributed by atoms with Gasteiger partial charge in [0.05, 0.1) is 5.39 Å². The SMILES string of the molecule is CCC(NC(=O)C1CCN(c2ncnc3sc(C)c(C)c23)CC1)C(C)C. The van der Waals surface area contributed by atoms with Gasteiger partial charge in [0.1, 0.15) is 17.0 Å². The summed E-state index contributed by atoms with van der Waals surface area (Å²) in [5.41, 5.74) is 1.28. The van der Waals surface area contributed by atoms with E-state index in [1.54, 1.807) is 17.7 Å². The molecule has 1 aliphatic rings. The Balaban J connectivity index is 1.69. The summed E-state index contributed by atoms with van der Waals surface area (Å²) in [6.07, 6.45) is 4.42. The number of hydrogen-bond acceptors (Lipinski definition) is 5. The molecule has 1 atom stereocenters. The molecular weight excluding hydrogens is 344 g/mol. The molecule has 0 radical (unpaired) electrons. The molecule has 3 heterocycles. The van der Waals surface area contributed by atoms with E-state index in [-0.39, 0.29) is 17.9 Å². The molecule has 0 saturated carbocycles. The highest BCUT2D eigenvalue weighted by Gasteiger charge is 2.28. The third kappa shape index (κ3) is 3.70. The van der Waals surface area contributed by atoms with Crippen molar-refractivity contribution < 1.29 is 4.79 Å². The average molecular weight is 375 g/mol. The fourth-order valence-electron chi connectivity index (χ4n) is 3.80. The van der Waals surface area contributed by atoms with E-state index in [1.807, 2.05) is 0 Å². The first-order valence-corrected chi connectivity index (χ1v) is 10.5. The Kier molecular flexibility index (Phi) is 5.80. The Morgan fingerprint density at radius 2 is 2.00 bits per heavy atom. The zero-order valence-electron chi connectivity index (χ0n) is 16.5. The van der Waals surface area contributed by atoms with Gasteiger partial charge in [0.2, 0.25) is 5.91 Å². The summed E-state index contributed by atoms with van der Waals surface area (Å²) in [6, 6.07) is 0.276. The van der Waals surface area contributed by atoms with Gasteiger partial charge in [0.15, 0.2) is 0 Å². The zero-order valence-corrected chi connectivity index (χ0v) is 17.3. The van der Waals surface area contributed by atoms with Gasteiger partial charge in [0, 0.05) is 29.9 Å². The summed E-state index contributed by atoms with van der Waals surface area (Å²) in [5, 5.41) is 4.44. The van der Waals surface area contributed by atoms with Crippen molar-refractivity contribution in [3.8, 4) is 0 Å². The maximum Gasteiger partial charge on any atom is 0.223 e. The number of amides is 1. The number of nitrogens with one attached hydrogen (secondary N) is 1. The van der Waals surface area contributed by atoms with Crippen LogP contribution in [0.15, 0.2) is 6.33 Å². The number of fused-ring (bicyclic) bond motifs is 1. The predicted molar refractivity (Wildman–Crippen MR) is 109 cm³/mol. The van der Waals surface area contributed by atoms with Gasteiger partial charge in [0.25, 0.3) is 0 Å². The highest BCUT2D eigenvalue weighted by molar-refractivity contribution is 7.18. The minimum Gasteiger partial charge on any atom is -0.356 e. The zero-order chi connectivity index (χ0) is 18.8. The third-order valence-corrected chi connectivity index (χ3v) is 6.80. The topological polar surface area (TPSA) is 58.1 Å². The molecule has 6 heteroatoms. The Hall–Kier alpha value is -1.69. The Morgan fingerprint density at radius 3 is 2.62 bits per heavy atom. The van der Waals surface area contributed by atoms with Gasteiger partial charge in [-0.15, -0.1) is 11.3 Å². The fraction of sp³-hybridized carbons (Fsp3) is 0.650. The standard InChI is InChI=1S/C20H30N4OS/c1-6-16(12(2)3)23-19(25)15-7-9-24(10-8-15)18-17-13(4)14(5)26-20(17)22-11-21-18/h11-12,15-16H,6-10H2,1-5H3,(H,23,25). The summed E-state index contributed by atoms with van der Waals surface area (Å²) in [7, 11) is 0. The van der Waals surface area contributed by atoms with Crippen molar-refractivity contribution in [3.05, 3.63) is 16.8 Å². The highest BCUT2D eigenvalue weighted by atomic mass is 32.1. The van der Waals surface area contributed by atoms with Crippen LogP contribution in [0.2, 0.25) is 0 Å². The Bertz CT molecular complexity index is 777. The first-order chi connectivity index (χ1) is 12.4. The number of nitrogens with zero attached hydrogens (tertiary/aromatic N) is 3. The van der Waals surface area contributed by atoms with Crippen molar-refractivity contribution in [1.29, 1.82) is 0 Å². The van der Waals surface area contributed by atoms with Gasteiger partial charge in [-0.3, -0.25) is 4.79 Å². The lowest BCUT2D eigenvalue weighted by Gasteiger charge is -2.33. The summed E-state index contributed by atoms with van der Waals surface area (Å²) in [6.45, 7) is 12.5. The van der Waals surface area contributed by atoms with E-state index in [1.165, 1.54) is 15.8 Å². The molecule has 1 aliphatic heterocycles. The van der Waals surface area contributed by atoms with E-state index in [0.29, 0.717) is 5.92 Å². The van der Waals surface area contributed by atoms with Gasteiger partial charge in [-0.05, 0) is 44.6 Å². The second-order valence-electron chi connectivity index (χ2n) is 7.69. The number of hydrogen-bond donors (Lipinski definition) is 1. The number of aryl methyl sites for hydroxylation is 2. The molecule has 1 N–H and O–H groups in total. The second kappa shape index (κ2) is 7.91. The predicted octanol–water partition coefficient (Wildman–Crippen LogP) is 4.08. The summed E-state index contributed by atoms with van der Waals surface area (Å²) < 4.78 is 0. The normalized spacial score (nSPS) is 17.1. The molecule has 0 aliphatic carbocycles. The van der Waals surface area contributed by atoms with Crippen LogP contribution in [-0.2, 0) is 4.79 Å². The lowest BCUT2D eigenvalue weighted by atomic mass is 9.94. The molecular formula is C20H30N4OS. The summed E-state index contributed by atoms with van der Waals surface area (Å²) in [5.74, 6) is 1.84. The van der Waals surface area contributed by atoms with E-state index in [9.17, 15) is 4.79 Å². The molecule has 1 saturated heterocycles. The van der Waals surface area contributed by atoms with Crippen LogP contribution in [0.1, 0.15) is 50.5 Å². The number of rotatable bonds is 5. The maximum atomic E-state index is 12.6. The van der Waals surface area contributed by atoms with Gasteiger partial charge in [-0.25, -0.2) is 9.97 Å². The quantitative estimate of drug-likeness (QED) is 0.857. The number of thiophene rings is 1. The van der Waals surface area contributed by atoms with Crippen LogP contribution in [0.3, 0.4) is 0 Å².